The van der Waals surface area contributed by atoms with Gasteiger partial charge in [-0.1, -0.05) is 36.4 Å². The average Bonchev–Trinajstić information content (AvgIpc) is 2.48. The first-order valence-electron chi connectivity index (χ1n) is 6.13. The van der Waals surface area contributed by atoms with Crippen LogP contribution in [0.3, 0.4) is 0 Å². The number of ether oxygens (including phenoxy) is 1. The standard InChI is InChI=1S/C15H15O5P/c1-13(17-2)18-21(16,19-14-9-5-3-6-10-14)20-15-11-7-4-8-12-15/h3-12H,1H2,2H3. The van der Waals surface area contributed by atoms with Crippen molar-refractivity contribution in [3.63, 3.8) is 0 Å². The maximum absolute atomic E-state index is 12.7. The van der Waals surface area contributed by atoms with Crippen molar-refractivity contribution in [3.05, 3.63) is 73.2 Å². The van der Waals surface area contributed by atoms with Gasteiger partial charge in [-0.15, -0.1) is 0 Å². The molecule has 0 aliphatic heterocycles. The van der Waals surface area contributed by atoms with E-state index in [1.54, 1.807) is 48.5 Å². The summed E-state index contributed by atoms with van der Waals surface area (Å²) in [5.41, 5.74) is 0. The molecule has 0 fully saturated rings. The molecule has 0 N–H and O–H groups in total. The van der Waals surface area contributed by atoms with Crippen LogP contribution in [0.2, 0.25) is 0 Å². The van der Waals surface area contributed by atoms with Crippen molar-refractivity contribution < 1.29 is 22.9 Å². The van der Waals surface area contributed by atoms with E-state index in [0.29, 0.717) is 11.5 Å². The van der Waals surface area contributed by atoms with Crippen LogP contribution in [-0.4, -0.2) is 7.11 Å². The zero-order valence-electron chi connectivity index (χ0n) is 11.5. The molecule has 0 radical (unpaired) electrons. The Morgan fingerprint density at radius 3 is 1.71 bits per heavy atom. The molecule has 0 aliphatic rings. The maximum atomic E-state index is 12.7. The van der Waals surface area contributed by atoms with Crippen LogP contribution in [0.5, 0.6) is 11.5 Å². The Morgan fingerprint density at radius 2 is 1.33 bits per heavy atom. The van der Waals surface area contributed by atoms with Gasteiger partial charge in [0.05, 0.1) is 7.11 Å². The SMILES string of the molecule is C=C(OC)OP(=O)(Oc1ccccc1)Oc1ccccc1. The number of rotatable bonds is 7. The summed E-state index contributed by atoms with van der Waals surface area (Å²) in [5.74, 6) is 0.534. The summed E-state index contributed by atoms with van der Waals surface area (Å²) >= 11 is 0. The van der Waals surface area contributed by atoms with Crippen molar-refractivity contribution in [3.8, 4) is 11.5 Å². The highest BCUT2D eigenvalue weighted by Gasteiger charge is 2.34. The highest BCUT2D eigenvalue weighted by molar-refractivity contribution is 7.49. The molecule has 2 rings (SSSR count). The second-order valence-corrected chi connectivity index (χ2v) is 5.37. The van der Waals surface area contributed by atoms with E-state index in [2.05, 4.69) is 6.58 Å². The predicted octanol–water partition coefficient (Wildman–Crippen LogP) is 4.39. The molecule has 0 unspecified atom stereocenters. The molecule has 0 bridgehead atoms. The fourth-order valence-electron chi connectivity index (χ4n) is 1.44. The molecular weight excluding hydrogens is 291 g/mol. The van der Waals surface area contributed by atoms with E-state index in [1.165, 1.54) is 7.11 Å². The van der Waals surface area contributed by atoms with Gasteiger partial charge in [-0.3, -0.25) is 0 Å². The number of phosphoric ester groups is 1. The van der Waals surface area contributed by atoms with Gasteiger partial charge in [0.1, 0.15) is 11.5 Å². The molecule has 2 aromatic carbocycles. The number of para-hydroxylation sites is 2. The fourth-order valence-corrected chi connectivity index (χ4v) is 2.63. The molecule has 0 aromatic heterocycles. The molecule has 0 heterocycles. The van der Waals surface area contributed by atoms with E-state index in [1.807, 2.05) is 12.1 Å². The van der Waals surface area contributed by atoms with Crippen LogP contribution in [0.25, 0.3) is 0 Å². The molecule has 5 nitrogen and oxygen atoms in total. The van der Waals surface area contributed by atoms with Gasteiger partial charge in [-0.2, -0.15) is 4.57 Å². The molecule has 21 heavy (non-hydrogen) atoms. The highest BCUT2D eigenvalue weighted by Crippen LogP contribution is 2.51. The molecule has 0 aliphatic carbocycles. The zero-order valence-corrected chi connectivity index (χ0v) is 12.4. The van der Waals surface area contributed by atoms with Crippen molar-refractivity contribution in [2.45, 2.75) is 0 Å². The van der Waals surface area contributed by atoms with Crippen molar-refractivity contribution >= 4 is 7.82 Å². The van der Waals surface area contributed by atoms with E-state index >= 15 is 0 Å². The molecule has 2 aromatic rings. The Morgan fingerprint density at radius 1 is 0.905 bits per heavy atom. The average molecular weight is 306 g/mol. The summed E-state index contributed by atoms with van der Waals surface area (Å²) in [6, 6.07) is 17.1. The summed E-state index contributed by atoms with van der Waals surface area (Å²) < 4.78 is 33.3. The lowest BCUT2D eigenvalue weighted by Gasteiger charge is -2.19. The highest BCUT2D eigenvalue weighted by atomic mass is 31.2. The number of phosphoric acid groups is 1. The number of benzene rings is 2. The predicted molar refractivity (Wildman–Crippen MR) is 79.0 cm³/mol. The number of methoxy groups -OCH3 is 1. The van der Waals surface area contributed by atoms with Gasteiger partial charge < -0.3 is 18.3 Å². The van der Waals surface area contributed by atoms with Gasteiger partial charge in [0.25, 0.3) is 5.95 Å². The van der Waals surface area contributed by atoms with Crippen molar-refractivity contribution in [2.24, 2.45) is 0 Å². The molecule has 0 atom stereocenters. The lowest BCUT2D eigenvalue weighted by atomic mass is 10.3. The van der Waals surface area contributed by atoms with Crippen LogP contribution in [0.4, 0.5) is 0 Å². The van der Waals surface area contributed by atoms with Crippen LogP contribution in [0.15, 0.2) is 73.2 Å². The minimum atomic E-state index is -3.96. The topological polar surface area (TPSA) is 54.0 Å². The second kappa shape index (κ2) is 6.86. The van der Waals surface area contributed by atoms with Gasteiger partial charge in [0.15, 0.2) is 0 Å². The molecular formula is C15H15O5P. The maximum Gasteiger partial charge on any atom is 0.649 e. The Kier molecular flexibility index (Phi) is 4.90. The lowest BCUT2D eigenvalue weighted by Crippen LogP contribution is -2.05. The normalized spacial score (nSPS) is 10.5. The van der Waals surface area contributed by atoms with Gasteiger partial charge >= 0.3 is 7.82 Å². The van der Waals surface area contributed by atoms with Gasteiger partial charge in [0, 0.05) is 0 Å². The third-order valence-electron chi connectivity index (χ3n) is 2.36. The summed E-state index contributed by atoms with van der Waals surface area (Å²) in [6.45, 7) is 3.46. The van der Waals surface area contributed by atoms with Crippen LogP contribution >= 0.6 is 7.82 Å². The van der Waals surface area contributed by atoms with Gasteiger partial charge in [-0.05, 0) is 30.8 Å². The van der Waals surface area contributed by atoms with E-state index in [-0.39, 0.29) is 5.95 Å². The van der Waals surface area contributed by atoms with E-state index in [4.69, 9.17) is 18.3 Å². The van der Waals surface area contributed by atoms with E-state index < -0.39 is 7.82 Å². The van der Waals surface area contributed by atoms with Crippen molar-refractivity contribution in [1.82, 2.24) is 0 Å². The van der Waals surface area contributed by atoms with Crippen LogP contribution in [0.1, 0.15) is 0 Å². The quantitative estimate of drug-likeness (QED) is 0.561. The Labute approximate surface area is 123 Å². The molecule has 110 valence electrons. The van der Waals surface area contributed by atoms with Crippen LogP contribution in [0, 0.1) is 0 Å². The minimum Gasteiger partial charge on any atom is -0.469 e. The minimum absolute atomic E-state index is 0.162. The first-order chi connectivity index (χ1) is 10.1. The molecule has 0 saturated carbocycles. The molecule has 0 amide bonds. The molecule has 0 spiro atoms. The summed E-state index contributed by atoms with van der Waals surface area (Å²) in [7, 11) is -2.62. The van der Waals surface area contributed by atoms with Crippen molar-refractivity contribution in [1.29, 1.82) is 0 Å². The Balaban J connectivity index is 2.21. The van der Waals surface area contributed by atoms with Gasteiger partial charge in [-0.25, -0.2) is 0 Å². The first kappa shape index (κ1) is 15.0. The zero-order chi connectivity index (χ0) is 15.1. The van der Waals surface area contributed by atoms with Gasteiger partial charge in [0.2, 0.25) is 0 Å². The monoisotopic (exact) mass is 306 g/mol. The van der Waals surface area contributed by atoms with Crippen LogP contribution < -0.4 is 9.05 Å². The largest absolute Gasteiger partial charge is 0.649 e. The summed E-state index contributed by atoms with van der Waals surface area (Å²) in [5, 5.41) is 0. The Bertz CT molecular complexity index is 582. The first-order valence-corrected chi connectivity index (χ1v) is 7.59. The van der Waals surface area contributed by atoms with E-state index in [0.717, 1.165) is 0 Å². The smallest absolute Gasteiger partial charge is 0.469 e. The number of hydrogen-bond donors (Lipinski definition) is 0. The number of hydrogen-bond acceptors (Lipinski definition) is 5. The molecule has 0 saturated heterocycles. The lowest BCUT2D eigenvalue weighted by molar-refractivity contribution is 0.124. The summed E-state index contributed by atoms with van der Waals surface area (Å²) in [6.07, 6.45) is 0. The van der Waals surface area contributed by atoms with Crippen LogP contribution in [-0.2, 0) is 13.8 Å². The Hall–Kier alpha value is -2.39. The van der Waals surface area contributed by atoms with E-state index in [9.17, 15) is 4.57 Å². The third-order valence-corrected chi connectivity index (χ3v) is 3.66. The third kappa shape index (κ3) is 4.58. The fraction of sp³-hybridized carbons (Fsp3) is 0.0667. The summed E-state index contributed by atoms with van der Waals surface area (Å²) in [4.78, 5) is 0. The molecule has 6 heteroatoms. The second-order valence-electron chi connectivity index (χ2n) is 3.92. The van der Waals surface area contributed by atoms with Crippen molar-refractivity contribution in [2.75, 3.05) is 7.11 Å².